The lowest BCUT2D eigenvalue weighted by Gasteiger charge is -2.03. The van der Waals surface area contributed by atoms with Crippen LogP contribution in [0.5, 0.6) is 5.75 Å². The molecule has 2 N–H and O–H groups in total. The molecule has 2 aromatic rings. The van der Waals surface area contributed by atoms with Gasteiger partial charge >= 0.3 is 5.97 Å². The van der Waals surface area contributed by atoms with Gasteiger partial charge in [-0.25, -0.2) is 22.6 Å². The summed E-state index contributed by atoms with van der Waals surface area (Å²) in [6.45, 7) is 0. The highest BCUT2D eigenvalue weighted by molar-refractivity contribution is 5.88. The van der Waals surface area contributed by atoms with E-state index in [0.29, 0.717) is 10.7 Å². The van der Waals surface area contributed by atoms with E-state index in [4.69, 9.17) is 5.11 Å². The molecule has 8 heteroatoms. The Morgan fingerprint density at radius 2 is 1.89 bits per heavy atom. The van der Waals surface area contributed by atoms with Crippen molar-refractivity contribution in [2.45, 2.75) is 0 Å². The van der Waals surface area contributed by atoms with Gasteiger partial charge in [0.25, 0.3) is 0 Å². The number of aromatic hydroxyl groups is 1. The molecular formula is C10H5F3N2O3. The molecule has 1 heterocycles. The molecule has 0 fully saturated rings. The Bertz CT molecular complexity index is 640. The van der Waals surface area contributed by atoms with Crippen LogP contribution >= 0.6 is 0 Å². The zero-order valence-electron chi connectivity index (χ0n) is 8.56. The minimum atomic E-state index is -1.71. The van der Waals surface area contributed by atoms with Gasteiger partial charge in [0.05, 0.1) is 6.20 Å². The van der Waals surface area contributed by atoms with Crippen LogP contribution in [0.3, 0.4) is 0 Å². The van der Waals surface area contributed by atoms with E-state index < -0.39 is 40.6 Å². The normalized spacial score (nSPS) is 10.6. The van der Waals surface area contributed by atoms with Crippen molar-refractivity contribution in [3.8, 4) is 11.4 Å². The molecule has 2 rings (SSSR count). The average molecular weight is 258 g/mol. The Kier molecular flexibility index (Phi) is 2.70. The third-order valence-electron chi connectivity index (χ3n) is 2.16. The second-order valence-corrected chi connectivity index (χ2v) is 3.31. The number of nitrogens with zero attached hydrogens (tertiary/aromatic N) is 2. The van der Waals surface area contributed by atoms with Crippen LogP contribution in [-0.2, 0) is 0 Å². The molecule has 0 atom stereocenters. The van der Waals surface area contributed by atoms with Crippen molar-refractivity contribution in [3.05, 3.63) is 41.5 Å². The fourth-order valence-electron chi connectivity index (χ4n) is 1.33. The summed E-state index contributed by atoms with van der Waals surface area (Å²) < 4.78 is 39.7. The number of hydrogen-bond donors (Lipinski definition) is 2. The summed E-state index contributed by atoms with van der Waals surface area (Å²) in [6.07, 6.45) is 0.777. The number of carboxylic acid groups (broad SMARTS) is 1. The van der Waals surface area contributed by atoms with Gasteiger partial charge in [-0.2, -0.15) is 5.10 Å². The first-order valence-electron chi connectivity index (χ1n) is 4.57. The molecule has 0 bridgehead atoms. The third-order valence-corrected chi connectivity index (χ3v) is 2.16. The Hall–Kier alpha value is -2.51. The zero-order chi connectivity index (χ0) is 13.4. The molecule has 0 aliphatic carbocycles. The van der Waals surface area contributed by atoms with Gasteiger partial charge in [-0.05, 0) is 12.1 Å². The monoisotopic (exact) mass is 258 g/mol. The van der Waals surface area contributed by atoms with Crippen LogP contribution in [0.2, 0.25) is 0 Å². The molecule has 0 saturated heterocycles. The van der Waals surface area contributed by atoms with Crippen molar-refractivity contribution in [2.75, 3.05) is 0 Å². The Balaban J connectivity index is 2.60. The van der Waals surface area contributed by atoms with Crippen molar-refractivity contribution in [3.63, 3.8) is 0 Å². The summed E-state index contributed by atoms with van der Waals surface area (Å²) in [6, 6.07) is 1.53. The Morgan fingerprint density at radius 1 is 1.22 bits per heavy atom. The standard InChI is InChI=1S/C10H5F3N2O3/c11-4-1-2-5(8(13)7(4)12)15-3-6(16)9(14-15)10(17)18/h1-3,16H,(H,17,18). The maximum atomic E-state index is 13.4. The molecule has 5 nitrogen and oxygen atoms in total. The minimum absolute atomic E-state index is 0.517. The quantitative estimate of drug-likeness (QED) is 0.804. The van der Waals surface area contributed by atoms with Crippen LogP contribution < -0.4 is 0 Å². The summed E-state index contributed by atoms with van der Waals surface area (Å²) in [5, 5.41) is 21.2. The fourth-order valence-corrected chi connectivity index (χ4v) is 1.33. The molecule has 0 unspecified atom stereocenters. The smallest absolute Gasteiger partial charge is 0.360 e. The fraction of sp³-hybridized carbons (Fsp3) is 0. The lowest BCUT2D eigenvalue weighted by atomic mass is 10.3. The first-order valence-corrected chi connectivity index (χ1v) is 4.57. The van der Waals surface area contributed by atoms with Gasteiger partial charge in [0.15, 0.2) is 23.2 Å². The van der Waals surface area contributed by atoms with Crippen LogP contribution in [0.1, 0.15) is 10.5 Å². The van der Waals surface area contributed by atoms with Crippen molar-refractivity contribution in [1.29, 1.82) is 0 Å². The van der Waals surface area contributed by atoms with Crippen LogP contribution in [-0.4, -0.2) is 26.0 Å². The Morgan fingerprint density at radius 3 is 2.44 bits per heavy atom. The average Bonchev–Trinajstić information content (AvgIpc) is 2.68. The van der Waals surface area contributed by atoms with Gasteiger partial charge in [-0.3, -0.25) is 0 Å². The number of carbonyl (C=O) groups is 1. The molecule has 0 aliphatic heterocycles. The first kappa shape index (κ1) is 12.0. The van der Waals surface area contributed by atoms with E-state index >= 15 is 0 Å². The number of benzene rings is 1. The molecule has 18 heavy (non-hydrogen) atoms. The van der Waals surface area contributed by atoms with E-state index in [2.05, 4.69) is 5.10 Å². The summed E-state index contributed by atoms with van der Waals surface area (Å²) in [4.78, 5) is 10.6. The topological polar surface area (TPSA) is 75.3 Å². The maximum absolute atomic E-state index is 13.4. The lowest BCUT2D eigenvalue weighted by Crippen LogP contribution is -2.05. The molecule has 1 aromatic carbocycles. The first-order chi connectivity index (χ1) is 8.41. The Labute approximate surface area is 97.7 Å². The van der Waals surface area contributed by atoms with E-state index in [-0.39, 0.29) is 0 Å². The minimum Gasteiger partial charge on any atom is -0.504 e. The van der Waals surface area contributed by atoms with E-state index in [1.165, 1.54) is 0 Å². The van der Waals surface area contributed by atoms with Crippen molar-refractivity contribution in [2.24, 2.45) is 0 Å². The second kappa shape index (κ2) is 4.06. The molecule has 0 amide bonds. The van der Waals surface area contributed by atoms with Gasteiger partial charge in [0, 0.05) is 0 Å². The maximum Gasteiger partial charge on any atom is 0.360 e. The number of halogens is 3. The van der Waals surface area contributed by atoms with Gasteiger partial charge in [-0.15, -0.1) is 0 Å². The molecule has 94 valence electrons. The highest BCUT2D eigenvalue weighted by atomic mass is 19.2. The third kappa shape index (κ3) is 1.77. The molecule has 0 spiro atoms. The van der Waals surface area contributed by atoms with Gasteiger partial charge in [0.1, 0.15) is 5.69 Å². The number of aromatic carboxylic acids is 1. The van der Waals surface area contributed by atoms with Crippen LogP contribution in [0.15, 0.2) is 18.3 Å². The van der Waals surface area contributed by atoms with Crippen LogP contribution in [0.25, 0.3) is 5.69 Å². The molecular weight excluding hydrogens is 253 g/mol. The summed E-state index contributed by atoms with van der Waals surface area (Å²) in [5.74, 6) is -6.87. The number of carboxylic acids is 1. The predicted octanol–water partition coefficient (Wildman–Crippen LogP) is 1.69. The SMILES string of the molecule is O=C(O)c1nn(-c2ccc(F)c(F)c2F)cc1O. The van der Waals surface area contributed by atoms with Crippen molar-refractivity contribution in [1.82, 2.24) is 9.78 Å². The van der Waals surface area contributed by atoms with E-state index in [1.54, 1.807) is 0 Å². The number of aromatic nitrogens is 2. The molecule has 0 saturated carbocycles. The highest BCUT2D eigenvalue weighted by Gasteiger charge is 2.20. The zero-order valence-corrected chi connectivity index (χ0v) is 8.56. The van der Waals surface area contributed by atoms with Crippen molar-refractivity contribution >= 4 is 5.97 Å². The van der Waals surface area contributed by atoms with Crippen LogP contribution in [0, 0.1) is 17.5 Å². The largest absolute Gasteiger partial charge is 0.504 e. The van der Waals surface area contributed by atoms with Gasteiger partial charge < -0.3 is 10.2 Å². The van der Waals surface area contributed by atoms with E-state index in [9.17, 15) is 23.1 Å². The molecule has 0 radical (unpaired) electrons. The summed E-state index contributed by atoms with van der Waals surface area (Å²) in [7, 11) is 0. The summed E-state index contributed by atoms with van der Waals surface area (Å²) in [5.41, 5.74) is -1.24. The molecule has 1 aromatic heterocycles. The van der Waals surface area contributed by atoms with Gasteiger partial charge in [0.2, 0.25) is 5.69 Å². The number of hydrogen-bond acceptors (Lipinski definition) is 3. The van der Waals surface area contributed by atoms with Crippen LogP contribution in [0.4, 0.5) is 13.2 Å². The summed E-state index contributed by atoms with van der Waals surface area (Å²) >= 11 is 0. The molecule has 0 aliphatic rings. The van der Waals surface area contributed by atoms with Gasteiger partial charge in [-0.1, -0.05) is 0 Å². The number of rotatable bonds is 2. The highest BCUT2D eigenvalue weighted by Crippen LogP contribution is 2.22. The predicted molar refractivity (Wildman–Crippen MR) is 52.1 cm³/mol. The van der Waals surface area contributed by atoms with E-state index in [0.717, 1.165) is 12.3 Å². The lowest BCUT2D eigenvalue weighted by molar-refractivity contribution is 0.0687. The van der Waals surface area contributed by atoms with E-state index in [1.807, 2.05) is 0 Å². The second-order valence-electron chi connectivity index (χ2n) is 3.31. The van der Waals surface area contributed by atoms with Crippen molar-refractivity contribution < 1.29 is 28.2 Å².